The number of nitrogens with zero attached hydrogens (tertiary/aromatic N) is 1. The third-order valence-corrected chi connectivity index (χ3v) is 3.82. The van der Waals surface area contributed by atoms with E-state index in [2.05, 4.69) is 6.58 Å². The largest absolute Gasteiger partial charge is 0.430 e. The van der Waals surface area contributed by atoms with Crippen LogP contribution in [0.3, 0.4) is 0 Å². The molecule has 0 saturated heterocycles. The molecule has 0 amide bonds. The molecular formula is C10H14NO2P. The smallest absolute Gasteiger partial charge is 0.341 e. The fraction of sp³-hybridized carbons (Fsp3) is 0.200. The summed E-state index contributed by atoms with van der Waals surface area (Å²) < 4.78 is 18.9. The Morgan fingerprint density at radius 3 is 2.36 bits per heavy atom. The first-order chi connectivity index (χ1) is 6.58. The van der Waals surface area contributed by atoms with Crippen molar-refractivity contribution in [3.63, 3.8) is 0 Å². The highest BCUT2D eigenvalue weighted by Gasteiger charge is 2.22. The van der Waals surface area contributed by atoms with E-state index in [0.717, 1.165) is 0 Å². The Morgan fingerprint density at radius 1 is 1.36 bits per heavy atom. The molecule has 0 N–H and O–H groups in total. The van der Waals surface area contributed by atoms with Crippen molar-refractivity contribution in [2.75, 3.05) is 14.1 Å². The van der Waals surface area contributed by atoms with Crippen molar-refractivity contribution in [3.8, 4) is 5.75 Å². The van der Waals surface area contributed by atoms with Crippen LogP contribution < -0.4 is 4.52 Å². The van der Waals surface area contributed by atoms with Gasteiger partial charge in [-0.15, -0.1) is 0 Å². The minimum Gasteiger partial charge on any atom is -0.430 e. The summed E-state index contributed by atoms with van der Waals surface area (Å²) in [5.41, 5.74) is 0. The third kappa shape index (κ3) is 2.47. The molecule has 1 aromatic rings. The molecular weight excluding hydrogens is 197 g/mol. The Hall–Kier alpha value is -1.05. The molecule has 0 aromatic heterocycles. The van der Waals surface area contributed by atoms with Gasteiger partial charge in [-0.2, -0.15) is 0 Å². The Morgan fingerprint density at radius 2 is 1.93 bits per heavy atom. The zero-order chi connectivity index (χ0) is 10.6. The van der Waals surface area contributed by atoms with Gasteiger partial charge in [0.15, 0.2) is 0 Å². The molecule has 1 unspecified atom stereocenters. The number of hydrogen-bond donors (Lipinski definition) is 0. The molecule has 0 radical (unpaired) electrons. The van der Waals surface area contributed by atoms with E-state index in [4.69, 9.17) is 4.52 Å². The minimum atomic E-state index is -2.90. The molecule has 1 aromatic carbocycles. The molecule has 0 fully saturated rings. The Labute approximate surface area is 84.5 Å². The Bertz CT molecular complexity index is 348. The first-order valence-electron chi connectivity index (χ1n) is 4.24. The molecule has 0 heterocycles. The van der Waals surface area contributed by atoms with Crippen molar-refractivity contribution < 1.29 is 9.09 Å². The van der Waals surface area contributed by atoms with Crippen molar-refractivity contribution in [1.29, 1.82) is 0 Å². The summed E-state index contributed by atoms with van der Waals surface area (Å²) in [6, 6.07) is 9.07. The molecule has 0 aliphatic carbocycles. The summed E-state index contributed by atoms with van der Waals surface area (Å²) in [6.45, 7) is 3.52. The quantitative estimate of drug-likeness (QED) is 0.717. The van der Waals surface area contributed by atoms with Gasteiger partial charge < -0.3 is 4.52 Å². The van der Waals surface area contributed by atoms with Gasteiger partial charge in [0.05, 0.1) is 0 Å². The summed E-state index contributed by atoms with van der Waals surface area (Å²) in [6.07, 6.45) is 0. The van der Waals surface area contributed by atoms with E-state index in [9.17, 15) is 4.57 Å². The van der Waals surface area contributed by atoms with Gasteiger partial charge in [-0.3, -0.25) is 4.57 Å². The molecule has 76 valence electrons. The molecule has 0 saturated carbocycles. The van der Waals surface area contributed by atoms with E-state index in [1.54, 1.807) is 26.2 Å². The lowest BCUT2D eigenvalue weighted by molar-refractivity contribution is 0.428. The van der Waals surface area contributed by atoms with E-state index < -0.39 is 7.52 Å². The zero-order valence-corrected chi connectivity index (χ0v) is 9.28. The van der Waals surface area contributed by atoms with Gasteiger partial charge in [-0.05, 0) is 26.2 Å². The zero-order valence-electron chi connectivity index (χ0n) is 8.38. The SMILES string of the molecule is C=CP(=O)(Oc1ccccc1)N(C)C. The minimum absolute atomic E-state index is 0.587. The first kappa shape index (κ1) is 11.0. The highest BCUT2D eigenvalue weighted by molar-refractivity contribution is 7.60. The molecule has 14 heavy (non-hydrogen) atoms. The van der Waals surface area contributed by atoms with Crippen molar-refractivity contribution in [2.24, 2.45) is 0 Å². The molecule has 1 atom stereocenters. The van der Waals surface area contributed by atoms with Gasteiger partial charge in [0.2, 0.25) is 0 Å². The number of benzene rings is 1. The van der Waals surface area contributed by atoms with Crippen LogP contribution >= 0.6 is 7.52 Å². The standard InChI is InChI=1S/C10H14NO2P/c1-4-14(12,11(2)3)13-10-8-6-5-7-9-10/h4-9H,1H2,2-3H3. The fourth-order valence-electron chi connectivity index (χ4n) is 0.915. The number of rotatable bonds is 4. The molecule has 0 spiro atoms. The third-order valence-electron chi connectivity index (χ3n) is 1.77. The van der Waals surface area contributed by atoms with Gasteiger partial charge in [0.1, 0.15) is 5.75 Å². The monoisotopic (exact) mass is 211 g/mol. The van der Waals surface area contributed by atoms with Crippen LogP contribution in [-0.4, -0.2) is 18.8 Å². The second kappa shape index (κ2) is 4.45. The Balaban J connectivity index is 2.87. The average molecular weight is 211 g/mol. The number of para-hydroxylation sites is 1. The molecule has 0 aliphatic heterocycles. The lowest BCUT2D eigenvalue weighted by Gasteiger charge is -2.21. The van der Waals surface area contributed by atoms with Crippen LogP contribution in [0.25, 0.3) is 0 Å². The predicted octanol–water partition coefficient (Wildman–Crippen LogP) is 2.96. The summed E-state index contributed by atoms with van der Waals surface area (Å²) in [5, 5.41) is 0. The van der Waals surface area contributed by atoms with Crippen molar-refractivity contribution >= 4 is 7.52 Å². The maximum Gasteiger partial charge on any atom is 0.341 e. The highest BCUT2D eigenvalue weighted by atomic mass is 31.2. The van der Waals surface area contributed by atoms with Gasteiger partial charge in [-0.1, -0.05) is 24.8 Å². The van der Waals surface area contributed by atoms with Gasteiger partial charge in [0, 0.05) is 5.82 Å². The van der Waals surface area contributed by atoms with Crippen molar-refractivity contribution in [1.82, 2.24) is 4.67 Å². The van der Waals surface area contributed by atoms with Crippen LogP contribution in [0.1, 0.15) is 0 Å². The summed E-state index contributed by atoms with van der Waals surface area (Å²) in [7, 11) is 0.503. The number of hydrogen-bond acceptors (Lipinski definition) is 2. The van der Waals surface area contributed by atoms with Gasteiger partial charge in [0.25, 0.3) is 0 Å². The van der Waals surface area contributed by atoms with Gasteiger partial charge in [-0.25, -0.2) is 4.67 Å². The second-order valence-electron chi connectivity index (χ2n) is 3.00. The average Bonchev–Trinajstić information content (AvgIpc) is 2.19. The lowest BCUT2D eigenvalue weighted by atomic mass is 10.3. The van der Waals surface area contributed by atoms with E-state index in [1.807, 2.05) is 18.2 Å². The summed E-state index contributed by atoms with van der Waals surface area (Å²) >= 11 is 0. The van der Waals surface area contributed by atoms with Crippen LogP contribution in [0.4, 0.5) is 0 Å². The fourth-order valence-corrected chi connectivity index (χ4v) is 1.90. The molecule has 0 bridgehead atoms. The van der Waals surface area contributed by atoms with Crippen LogP contribution in [0, 0.1) is 0 Å². The highest BCUT2D eigenvalue weighted by Crippen LogP contribution is 2.49. The lowest BCUT2D eigenvalue weighted by Crippen LogP contribution is -2.10. The van der Waals surface area contributed by atoms with E-state index >= 15 is 0 Å². The topological polar surface area (TPSA) is 29.5 Å². The maximum absolute atomic E-state index is 12.0. The predicted molar refractivity (Wildman–Crippen MR) is 58.6 cm³/mol. The van der Waals surface area contributed by atoms with Crippen LogP contribution in [0.5, 0.6) is 5.75 Å². The first-order valence-corrected chi connectivity index (χ1v) is 5.89. The van der Waals surface area contributed by atoms with E-state index in [-0.39, 0.29) is 0 Å². The molecule has 1 rings (SSSR count). The van der Waals surface area contributed by atoms with E-state index in [1.165, 1.54) is 10.5 Å². The van der Waals surface area contributed by atoms with Crippen LogP contribution in [0.2, 0.25) is 0 Å². The second-order valence-corrected chi connectivity index (χ2v) is 5.47. The van der Waals surface area contributed by atoms with Gasteiger partial charge >= 0.3 is 7.52 Å². The molecule has 3 nitrogen and oxygen atoms in total. The van der Waals surface area contributed by atoms with Crippen LogP contribution in [-0.2, 0) is 4.57 Å². The van der Waals surface area contributed by atoms with Crippen molar-refractivity contribution in [2.45, 2.75) is 0 Å². The normalized spacial score (nSPS) is 14.8. The molecule has 0 aliphatic rings. The Kier molecular flexibility index (Phi) is 3.50. The van der Waals surface area contributed by atoms with Crippen LogP contribution in [0.15, 0.2) is 42.7 Å². The maximum atomic E-state index is 12.0. The molecule has 4 heteroatoms. The summed E-state index contributed by atoms with van der Waals surface area (Å²) in [5.74, 6) is 1.93. The van der Waals surface area contributed by atoms with E-state index in [0.29, 0.717) is 5.75 Å². The van der Waals surface area contributed by atoms with Crippen molar-refractivity contribution in [3.05, 3.63) is 42.7 Å². The summed E-state index contributed by atoms with van der Waals surface area (Å²) in [4.78, 5) is 0.